The lowest BCUT2D eigenvalue weighted by Crippen LogP contribution is -2.13. The van der Waals surface area contributed by atoms with Crippen LogP contribution < -0.4 is 5.73 Å². The van der Waals surface area contributed by atoms with Crippen LogP contribution in [0.4, 0.5) is 0 Å². The summed E-state index contributed by atoms with van der Waals surface area (Å²) in [4.78, 5) is 21.9. The molecule has 0 fully saturated rings. The number of rotatable bonds is 3. The highest BCUT2D eigenvalue weighted by Gasteiger charge is 2.09. The zero-order valence-electron chi connectivity index (χ0n) is 8.12. The van der Waals surface area contributed by atoms with Crippen LogP contribution in [0.5, 0.6) is 0 Å². The molecule has 0 spiro atoms. The molecule has 0 unspecified atom stereocenters. The molecule has 1 aromatic carbocycles. The van der Waals surface area contributed by atoms with E-state index in [9.17, 15) is 9.59 Å². The minimum Gasteiger partial charge on any atom is -0.469 e. The summed E-state index contributed by atoms with van der Waals surface area (Å²) >= 11 is 5.74. The largest absolute Gasteiger partial charge is 0.469 e. The molecule has 0 saturated carbocycles. The molecule has 0 aromatic heterocycles. The molecule has 0 saturated heterocycles. The van der Waals surface area contributed by atoms with Gasteiger partial charge in [-0.2, -0.15) is 0 Å². The van der Waals surface area contributed by atoms with Crippen molar-refractivity contribution >= 4 is 23.5 Å². The normalized spacial score (nSPS) is 9.73. The third-order valence-electron chi connectivity index (χ3n) is 1.87. The summed E-state index contributed by atoms with van der Waals surface area (Å²) in [7, 11) is 1.30. The maximum Gasteiger partial charge on any atom is 0.309 e. The average molecular weight is 228 g/mol. The highest BCUT2D eigenvalue weighted by atomic mass is 35.5. The Balaban J connectivity index is 2.97. The van der Waals surface area contributed by atoms with Gasteiger partial charge in [-0.25, -0.2) is 0 Å². The zero-order valence-corrected chi connectivity index (χ0v) is 8.88. The first kappa shape index (κ1) is 11.5. The summed E-state index contributed by atoms with van der Waals surface area (Å²) in [6, 6.07) is 4.66. The Hall–Kier alpha value is -1.55. The van der Waals surface area contributed by atoms with Gasteiger partial charge in [-0.05, 0) is 17.7 Å². The van der Waals surface area contributed by atoms with Crippen molar-refractivity contribution in [1.82, 2.24) is 0 Å². The molecule has 1 aromatic rings. The summed E-state index contributed by atoms with van der Waals surface area (Å²) in [6.07, 6.45) is 0.0912. The van der Waals surface area contributed by atoms with Gasteiger partial charge in [0.05, 0.1) is 24.1 Å². The maximum atomic E-state index is 11.0. The molecule has 1 rings (SSSR count). The van der Waals surface area contributed by atoms with Gasteiger partial charge in [0.1, 0.15) is 0 Å². The Bertz CT molecular complexity index is 404. The standard InChI is InChI=1S/C10H10ClNO3/c1-15-9(13)5-6-2-3-8(11)7(4-6)10(12)14/h2-4H,5H2,1H3,(H2,12,14). The zero-order chi connectivity index (χ0) is 11.4. The predicted octanol–water partition coefficient (Wildman–Crippen LogP) is 1.15. The number of primary amides is 1. The van der Waals surface area contributed by atoms with Crippen LogP contribution in [0.15, 0.2) is 18.2 Å². The Kier molecular flexibility index (Phi) is 3.68. The number of methoxy groups -OCH3 is 1. The number of halogens is 1. The monoisotopic (exact) mass is 227 g/mol. The van der Waals surface area contributed by atoms with Crippen molar-refractivity contribution in [3.63, 3.8) is 0 Å². The van der Waals surface area contributed by atoms with Crippen molar-refractivity contribution in [1.29, 1.82) is 0 Å². The second-order valence-electron chi connectivity index (χ2n) is 2.93. The molecule has 0 radical (unpaired) electrons. The number of carbonyl (C=O) groups is 2. The number of esters is 1. The van der Waals surface area contributed by atoms with Gasteiger partial charge in [0.2, 0.25) is 5.91 Å². The van der Waals surface area contributed by atoms with Gasteiger partial charge < -0.3 is 10.5 Å². The van der Waals surface area contributed by atoms with Crippen LogP contribution in [0.25, 0.3) is 0 Å². The van der Waals surface area contributed by atoms with Gasteiger partial charge in [-0.15, -0.1) is 0 Å². The van der Waals surface area contributed by atoms with E-state index in [2.05, 4.69) is 4.74 Å². The lowest BCUT2D eigenvalue weighted by atomic mass is 10.1. The third-order valence-corrected chi connectivity index (χ3v) is 2.20. The van der Waals surface area contributed by atoms with Gasteiger partial charge in [-0.1, -0.05) is 17.7 Å². The van der Waals surface area contributed by atoms with Crippen LogP contribution >= 0.6 is 11.6 Å². The van der Waals surface area contributed by atoms with Crippen molar-refractivity contribution in [3.05, 3.63) is 34.3 Å². The first-order valence-electron chi connectivity index (χ1n) is 4.19. The number of amides is 1. The van der Waals surface area contributed by atoms with E-state index in [0.717, 1.165) is 0 Å². The van der Waals surface area contributed by atoms with Crippen LogP contribution in [0, 0.1) is 0 Å². The highest BCUT2D eigenvalue weighted by Crippen LogP contribution is 2.17. The molecule has 15 heavy (non-hydrogen) atoms. The van der Waals surface area contributed by atoms with E-state index < -0.39 is 5.91 Å². The Morgan fingerprint density at radius 3 is 2.67 bits per heavy atom. The maximum absolute atomic E-state index is 11.0. The molecule has 80 valence electrons. The van der Waals surface area contributed by atoms with Crippen LogP contribution in [-0.4, -0.2) is 19.0 Å². The Labute approximate surface area is 92.0 Å². The fourth-order valence-corrected chi connectivity index (χ4v) is 1.32. The van der Waals surface area contributed by atoms with E-state index in [1.165, 1.54) is 19.2 Å². The van der Waals surface area contributed by atoms with Gasteiger partial charge in [0, 0.05) is 0 Å². The smallest absolute Gasteiger partial charge is 0.309 e. The first-order valence-corrected chi connectivity index (χ1v) is 4.57. The second kappa shape index (κ2) is 4.79. The summed E-state index contributed by atoms with van der Waals surface area (Å²) < 4.78 is 4.50. The lowest BCUT2D eigenvalue weighted by molar-refractivity contribution is -0.139. The van der Waals surface area contributed by atoms with Gasteiger partial charge >= 0.3 is 5.97 Å². The van der Waals surface area contributed by atoms with E-state index in [-0.39, 0.29) is 23.0 Å². The molecule has 0 heterocycles. The number of hydrogen-bond donors (Lipinski definition) is 1. The second-order valence-corrected chi connectivity index (χ2v) is 3.34. The molecule has 5 heteroatoms. The first-order chi connectivity index (χ1) is 7.04. The van der Waals surface area contributed by atoms with Crippen LogP contribution in [0.1, 0.15) is 15.9 Å². The number of carbonyl (C=O) groups excluding carboxylic acids is 2. The third kappa shape index (κ3) is 2.95. The molecule has 1 amide bonds. The summed E-state index contributed by atoms with van der Waals surface area (Å²) in [5.74, 6) is -1.00. The predicted molar refractivity (Wildman–Crippen MR) is 55.7 cm³/mol. The Morgan fingerprint density at radius 2 is 2.13 bits per heavy atom. The van der Waals surface area contributed by atoms with Crippen molar-refractivity contribution in [2.24, 2.45) is 5.73 Å². The van der Waals surface area contributed by atoms with Crippen molar-refractivity contribution in [3.8, 4) is 0 Å². The molecule has 0 aliphatic heterocycles. The van der Waals surface area contributed by atoms with E-state index in [1.54, 1.807) is 6.07 Å². The fourth-order valence-electron chi connectivity index (χ4n) is 1.11. The summed E-state index contributed by atoms with van der Waals surface area (Å²) in [5, 5.41) is 0.274. The lowest BCUT2D eigenvalue weighted by Gasteiger charge is -2.03. The molecular weight excluding hydrogens is 218 g/mol. The van der Waals surface area contributed by atoms with Gasteiger partial charge in [0.25, 0.3) is 0 Å². The van der Waals surface area contributed by atoms with Gasteiger partial charge in [0.15, 0.2) is 0 Å². The van der Waals surface area contributed by atoms with E-state index >= 15 is 0 Å². The molecular formula is C10H10ClNO3. The summed E-state index contributed by atoms with van der Waals surface area (Å²) in [6.45, 7) is 0. The molecule has 4 nitrogen and oxygen atoms in total. The average Bonchev–Trinajstić information content (AvgIpc) is 2.20. The quantitative estimate of drug-likeness (QED) is 0.788. The molecule has 0 bridgehead atoms. The minimum absolute atomic E-state index is 0.0912. The minimum atomic E-state index is -0.619. The number of hydrogen-bond acceptors (Lipinski definition) is 3. The van der Waals surface area contributed by atoms with Gasteiger partial charge in [-0.3, -0.25) is 9.59 Å². The van der Waals surface area contributed by atoms with Crippen LogP contribution in [0.2, 0.25) is 5.02 Å². The SMILES string of the molecule is COC(=O)Cc1ccc(Cl)c(C(N)=O)c1. The molecule has 0 aliphatic rings. The van der Waals surface area contributed by atoms with E-state index in [0.29, 0.717) is 5.56 Å². The van der Waals surface area contributed by atoms with E-state index in [4.69, 9.17) is 17.3 Å². The number of ether oxygens (including phenoxy) is 1. The molecule has 2 N–H and O–H groups in total. The van der Waals surface area contributed by atoms with Crippen LogP contribution in [0.3, 0.4) is 0 Å². The summed E-state index contributed by atoms with van der Waals surface area (Å²) in [5.41, 5.74) is 5.95. The highest BCUT2D eigenvalue weighted by molar-refractivity contribution is 6.33. The van der Waals surface area contributed by atoms with Crippen LogP contribution in [-0.2, 0) is 16.0 Å². The van der Waals surface area contributed by atoms with Crippen molar-refractivity contribution < 1.29 is 14.3 Å². The van der Waals surface area contributed by atoms with E-state index in [1.807, 2.05) is 0 Å². The van der Waals surface area contributed by atoms with Crippen molar-refractivity contribution in [2.45, 2.75) is 6.42 Å². The Morgan fingerprint density at radius 1 is 1.47 bits per heavy atom. The number of benzene rings is 1. The molecule has 0 aliphatic carbocycles. The van der Waals surface area contributed by atoms with Crippen molar-refractivity contribution in [2.75, 3.05) is 7.11 Å². The molecule has 0 atom stereocenters. The topological polar surface area (TPSA) is 69.4 Å². The fraction of sp³-hybridized carbons (Fsp3) is 0.200. The number of nitrogens with two attached hydrogens (primary N) is 1.